The van der Waals surface area contributed by atoms with E-state index in [1.807, 2.05) is 56.4 Å². The quantitative estimate of drug-likeness (QED) is 0.419. The van der Waals surface area contributed by atoms with Crippen LogP contribution < -0.4 is 9.64 Å². The maximum absolute atomic E-state index is 13.0. The first-order chi connectivity index (χ1) is 12.6. The maximum atomic E-state index is 13.0. The lowest BCUT2D eigenvalue weighted by Gasteiger charge is -2.38. The Bertz CT molecular complexity index is 765. The Hall–Kier alpha value is -1.46. The molecule has 1 aliphatic heterocycles. The summed E-state index contributed by atoms with van der Waals surface area (Å²) in [5, 5.41) is 1.05. The second kappa shape index (κ2) is 8.49. The zero-order valence-corrected chi connectivity index (χ0v) is 17.6. The molecule has 3 rings (SSSR count). The number of alkyl halides is 1. The molecule has 2 aromatic carbocycles. The molecule has 2 aromatic rings. The minimum atomic E-state index is -0.627. The Labute approximate surface area is 168 Å². The number of fused-ring (bicyclic) bond motifs is 1. The van der Waals surface area contributed by atoms with E-state index in [0.717, 1.165) is 46.7 Å². The summed E-state index contributed by atoms with van der Waals surface area (Å²) in [7, 11) is 1.85. The fraction of sp³-hybridized carbons (Fsp3) is 0.381. The molecular weight excluding hydrogens is 410 g/mol. The van der Waals surface area contributed by atoms with Gasteiger partial charge in [-0.25, -0.2) is 0 Å². The summed E-state index contributed by atoms with van der Waals surface area (Å²) in [5.41, 5.74) is 1.98. The molecule has 0 aliphatic carbocycles. The molecule has 0 saturated heterocycles. The van der Waals surface area contributed by atoms with Gasteiger partial charge in [0, 0.05) is 17.3 Å². The fourth-order valence-electron chi connectivity index (χ4n) is 3.13. The highest BCUT2D eigenvalue weighted by atomic mass is 79.9. The Balaban J connectivity index is 1.73. The molecule has 5 heteroatoms. The topological polar surface area (TPSA) is 29.5 Å². The van der Waals surface area contributed by atoms with Gasteiger partial charge >= 0.3 is 0 Å². The lowest BCUT2D eigenvalue weighted by Crippen LogP contribution is -2.44. The molecule has 0 bridgehead atoms. The number of hydrogen-bond donors (Lipinski definition) is 0. The number of benzene rings is 2. The van der Waals surface area contributed by atoms with Crippen molar-refractivity contribution in [3.8, 4) is 5.75 Å². The first-order valence-electron chi connectivity index (χ1n) is 8.92. The highest BCUT2D eigenvalue weighted by Crippen LogP contribution is 2.50. The maximum Gasteiger partial charge on any atom is 0.247 e. The van der Waals surface area contributed by atoms with E-state index in [1.165, 1.54) is 6.42 Å². The molecule has 1 aliphatic rings. The fourth-order valence-corrected chi connectivity index (χ4v) is 4.90. The van der Waals surface area contributed by atoms with E-state index < -0.39 is 4.75 Å². The minimum absolute atomic E-state index is 0.102. The van der Waals surface area contributed by atoms with E-state index in [4.69, 9.17) is 4.74 Å². The van der Waals surface area contributed by atoms with Gasteiger partial charge in [0.25, 0.3) is 0 Å². The highest BCUT2D eigenvalue weighted by molar-refractivity contribution is 9.09. The van der Waals surface area contributed by atoms with Crippen LogP contribution in [0.1, 0.15) is 31.7 Å². The Morgan fingerprint density at radius 2 is 1.81 bits per heavy atom. The zero-order valence-electron chi connectivity index (χ0n) is 15.2. The van der Waals surface area contributed by atoms with Gasteiger partial charge in [0.15, 0.2) is 0 Å². The molecule has 0 saturated carbocycles. The van der Waals surface area contributed by atoms with Crippen molar-refractivity contribution in [2.75, 3.05) is 23.9 Å². The summed E-state index contributed by atoms with van der Waals surface area (Å²) in [6.07, 6.45) is 3.40. The molecular formula is C21H24BrNO2S. The van der Waals surface area contributed by atoms with Crippen LogP contribution in [0.4, 0.5) is 5.69 Å². The molecule has 1 heterocycles. The largest absolute Gasteiger partial charge is 0.494 e. The van der Waals surface area contributed by atoms with Gasteiger partial charge in [-0.2, -0.15) is 0 Å². The number of carbonyl (C=O) groups excluding carboxylic acids is 1. The number of rotatable bonds is 7. The number of para-hydroxylation sites is 1. The number of unbranched alkanes of at least 4 members (excludes halogenated alkanes) is 2. The SMILES string of the molecule is CN1C(=O)C(C)(c2ccc(OCCCCCBr)cc2)Sc2ccccc21. The van der Waals surface area contributed by atoms with Crippen molar-refractivity contribution < 1.29 is 9.53 Å². The van der Waals surface area contributed by atoms with Gasteiger partial charge in [0.05, 0.1) is 12.3 Å². The van der Waals surface area contributed by atoms with Crippen molar-refractivity contribution in [3.63, 3.8) is 0 Å². The first kappa shape index (κ1) is 19.3. The van der Waals surface area contributed by atoms with Crippen molar-refractivity contribution in [1.82, 2.24) is 0 Å². The van der Waals surface area contributed by atoms with Gasteiger partial charge in [0.2, 0.25) is 5.91 Å². The molecule has 1 atom stereocenters. The summed E-state index contributed by atoms with van der Waals surface area (Å²) in [6.45, 7) is 2.73. The number of ether oxygens (including phenoxy) is 1. The van der Waals surface area contributed by atoms with E-state index in [9.17, 15) is 4.79 Å². The van der Waals surface area contributed by atoms with E-state index in [0.29, 0.717) is 0 Å². The summed E-state index contributed by atoms with van der Waals surface area (Å²) in [6, 6.07) is 16.0. The standard InChI is InChI=1S/C21H24BrNO2S/c1-21(20(24)23(2)18-8-4-5-9-19(18)26-21)16-10-12-17(13-11-16)25-15-7-3-6-14-22/h4-5,8-13H,3,6-7,14-15H2,1-2H3. The average molecular weight is 434 g/mol. The third-order valence-electron chi connectivity index (χ3n) is 4.71. The second-order valence-electron chi connectivity index (χ2n) is 6.59. The molecule has 3 nitrogen and oxygen atoms in total. The Morgan fingerprint density at radius 3 is 2.54 bits per heavy atom. The van der Waals surface area contributed by atoms with Crippen molar-refractivity contribution in [3.05, 3.63) is 54.1 Å². The number of halogens is 1. The number of hydrogen-bond acceptors (Lipinski definition) is 3. The predicted octanol–water partition coefficient (Wildman–Crippen LogP) is 5.61. The van der Waals surface area contributed by atoms with Crippen LogP contribution in [-0.2, 0) is 9.54 Å². The van der Waals surface area contributed by atoms with Gasteiger partial charge in [0.1, 0.15) is 10.5 Å². The number of amides is 1. The van der Waals surface area contributed by atoms with Gasteiger partial charge in [-0.3, -0.25) is 4.79 Å². The molecule has 0 spiro atoms. The molecule has 1 amide bonds. The summed E-state index contributed by atoms with van der Waals surface area (Å²) >= 11 is 5.06. The van der Waals surface area contributed by atoms with E-state index >= 15 is 0 Å². The third-order valence-corrected chi connectivity index (χ3v) is 6.65. The Morgan fingerprint density at radius 1 is 1.08 bits per heavy atom. The lowest BCUT2D eigenvalue weighted by atomic mass is 9.97. The summed E-state index contributed by atoms with van der Waals surface area (Å²) < 4.78 is 5.19. The monoisotopic (exact) mass is 433 g/mol. The smallest absolute Gasteiger partial charge is 0.247 e. The average Bonchev–Trinajstić information content (AvgIpc) is 2.66. The van der Waals surface area contributed by atoms with Crippen molar-refractivity contribution in [2.45, 2.75) is 35.8 Å². The van der Waals surface area contributed by atoms with Crippen molar-refractivity contribution in [1.29, 1.82) is 0 Å². The van der Waals surface area contributed by atoms with Gasteiger partial charge in [-0.15, -0.1) is 11.8 Å². The van der Waals surface area contributed by atoms with Crippen LogP contribution in [0.2, 0.25) is 0 Å². The van der Waals surface area contributed by atoms with E-state index in [1.54, 1.807) is 16.7 Å². The summed E-state index contributed by atoms with van der Waals surface area (Å²) in [5.74, 6) is 0.961. The molecule has 0 fully saturated rings. The molecule has 0 radical (unpaired) electrons. The molecule has 0 aromatic heterocycles. The van der Waals surface area contributed by atoms with Crippen molar-refractivity contribution in [2.24, 2.45) is 0 Å². The lowest BCUT2D eigenvalue weighted by molar-refractivity contribution is -0.120. The second-order valence-corrected chi connectivity index (χ2v) is 8.84. The first-order valence-corrected chi connectivity index (χ1v) is 10.9. The normalized spacial score (nSPS) is 19.3. The van der Waals surface area contributed by atoms with Crippen LogP contribution >= 0.6 is 27.7 Å². The predicted molar refractivity (Wildman–Crippen MR) is 113 cm³/mol. The van der Waals surface area contributed by atoms with Gasteiger partial charge < -0.3 is 9.64 Å². The van der Waals surface area contributed by atoms with Gasteiger partial charge in [-0.1, -0.05) is 40.2 Å². The van der Waals surface area contributed by atoms with Crippen LogP contribution in [-0.4, -0.2) is 24.9 Å². The third kappa shape index (κ3) is 3.94. The molecule has 26 heavy (non-hydrogen) atoms. The molecule has 0 N–H and O–H groups in total. The van der Waals surface area contributed by atoms with E-state index in [-0.39, 0.29) is 5.91 Å². The van der Waals surface area contributed by atoms with Crippen LogP contribution in [0.3, 0.4) is 0 Å². The van der Waals surface area contributed by atoms with Crippen LogP contribution in [0, 0.1) is 0 Å². The number of nitrogens with zero attached hydrogens (tertiary/aromatic N) is 1. The Kier molecular flexibility index (Phi) is 6.30. The van der Waals surface area contributed by atoms with E-state index in [2.05, 4.69) is 22.0 Å². The van der Waals surface area contributed by atoms with Crippen LogP contribution in [0.15, 0.2) is 53.4 Å². The zero-order chi connectivity index (χ0) is 18.6. The number of anilines is 1. The number of carbonyl (C=O) groups is 1. The number of likely N-dealkylation sites (N-methyl/N-ethyl adjacent to an activating group) is 1. The minimum Gasteiger partial charge on any atom is -0.494 e. The highest BCUT2D eigenvalue weighted by Gasteiger charge is 2.43. The van der Waals surface area contributed by atoms with Crippen molar-refractivity contribution >= 4 is 39.3 Å². The number of thioether (sulfide) groups is 1. The van der Waals surface area contributed by atoms with Crippen LogP contribution in [0.25, 0.3) is 0 Å². The molecule has 138 valence electrons. The summed E-state index contributed by atoms with van der Waals surface area (Å²) in [4.78, 5) is 15.9. The van der Waals surface area contributed by atoms with Gasteiger partial charge in [-0.05, 0) is 56.0 Å². The molecule has 1 unspecified atom stereocenters. The van der Waals surface area contributed by atoms with Crippen LogP contribution in [0.5, 0.6) is 5.75 Å².